The maximum atomic E-state index is 12.9. The van der Waals surface area contributed by atoms with Crippen LogP contribution in [-0.2, 0) is 24.8 Å². The fraction of sp³-hybridized carbons (Fsp3) is 0.409. The Hall–Kier alpha value is -2.43. The van der Waals surface area contributed by atoms with E-state index in [2.05, 4.69) is 5.32 Å². The zero-order valence-electron chi connectivity index (χ0n) is 19.3. The van der Waals surface area contributed by atoms with Crippen LogP contribution in [-0.4, -0.2) is 52.4 Å². The Morgan fingerprint density at radius 2 is 1.50 bits per heavy atom. The Morgan fingerprint density at radius 1 is 0.938 bits per heavy atom. The van der Waals surface area contributed by atoms with E-state index in [0.717, 1.165) is 21.7 Å². The van der Waals surface area contributed by atoms with Crippen LogP contribution in [0.25, 0.3) is 0 Å². The number of nitrogens with zero attached hydrogens (tertiary/aromatic N) is 2. The summed E-state index contributed by atoms with van der Waals surface area (Å²) in [4.78, 5) is 13.0. The topological polar surface area (TPSA) is 104 Å². The molecule has 1 N–H and O–H groups in total. The van der Waals surface area contributed by atoms with Crippen LogP contribution < -0.4 is 9.62 Å². The van der Waals surface area contributed by atoms with Gasteiger partial charge >= 0.3 is 0 Å². The van der Waals surface area contributed by atoms with E-state index in [0.29, 0.717) is 24.5 Å². The van der Waals surface area contributed by atoms with Crippen molar-refractivity contribution in [2.24, 2.45) is 0 Å². The lowest BCUT2D eigenvalue weighted by Crippen LogP contribution is -2.45. The van der Waals surface area contributed by atoms with Gasteiger partial charge in [-0.2, -0.15) is 4.31 Å². The average Bonchev–Trinajstić information content (AvgIpc) is 2.70. The van der Waals surface area contributed by atoms with E-state index in [9.17, 15) is 21.6 Å². The molecule has 10 heteroatoms. The molecule has 0 aliphatic carbocycles. The summed E-state index contributed by atoms with van der Waals surface area (Å²) in [6.07, 6.45) is 1.05. The third kappa shape index (κ3) is 5.67. The van der Waals surface area contributed by atoms with Gasteiger partial charge in [0.2, 0.25) is 26.0 Å². The maximum Gasteiger partial charge on any atom is 0.247 e. The molecule has 2 rings (SSSR count). The van der Waals surface area contributed by atoms with E-state index in [1.165, 1.54) is 35.5 Å². The summed E-state index contributed by atoms with van der Waals surface area (Å²) >= 11 is 0. The minimum Gasteiger partial charge on any atom is -0.324 e. The van der Waals surface area contributed by atoms with Crippen LogP contribution in [0.1, 0.15) is 31.9 Å². The number of benzene rings is 2. The molecule has 2 aromatic carbocycles. The van der Waals surface area contributed by atoms with E-state index in [1.54, 1.807) is 26.0 Å². The van der Waals surface area contributed by atoms with Crippen LogP contribution in [0.15, 0.2) is 47.4 Å². The minimum absolute atomic E-state index is 0.125. The summed E-state index contributed by atoms with van der Waals surface area (Å²) in [6.45, 7) is 9.54. The van der Waals surface area contributed by atoms with Crippen LogP contribution in [0, 0.1) is 13.8 Å². The number of anilines is 2. The highest BCUT2D eigenvalue weighted by atomic mass is 32.2. The molecule has 0 saturated heterocycles. The molecule has 0 fully saturated rings. The average molecular weight is 482 g/mol. The molecule has 0 unspecified atom stereocenters. The fourth-order valence-corrected chi connectivity index (χ4v) is 5.97. The monoisotopic (exact) mass is 481 g/mol. The second-order valence-electron chi connectivity index (χ2n) is 7.61. The number of nitrogens with one attached hydrogen (secondary N) is 1. The van der Waals surface area contributed by atoms with Gasteiger partial charge in [0, 0.05) is 18.8 Å². The summed E-state index contributed by atoms with van der Waals surface area (Å²) < 4.78 is 52.6. The van der Waals surface area contributed by atoms with Gasteiger partial charge in [0.25, 0.3) is 0 Å². The van der Waals surface area contributed by atoms with Gasteiger partial charge in [0.05, 0.1) is 16.8 Å². The number of hydrogen-bond acceptors (Lipinski definition) is 5. The molecule has 0 spiro atoms. The molecule has 1 atom stereocenters. The zero-order chi connectivity index (χ0) is 24.3. The Morgan fingerprint density at radius 3 is 1.97 bits per heavy atom. The number of amides is 1. The normalized spacial score (nSPS) is 13.1. The van der Waals surface area contributed by atoms with Crippen LogP contribution in [0.3, 0.4) is 0 Å². The lowest BCUT2D eigenvalue weighted by molar-refractivity contribution is -0.116. The lowest BCUT2D eigenvalue weighted by Gasteiger charge is -2.28. The molecule has 0 aliphatic rings. The van der Waals surface area contributed by atoms with Crippen LogP contribution in [0.4, 0.5) is 11.4 Å². The van der Waals surface area contributed by atoms with Gasteiger partial charge in [-0.3, -0.25) is 9.10 Å². The smallest absolute Gasteiger partial charge is 0.247 e. The predicted octanol–water partition coefficient (Wildman–Crippen LogP) is 3.13. The molecule has 2 aromatic rings. The van der Waals surface area contributed by atoms with E-state index in [4.69, 9.17) is 0 Å². The highest BCUT2D eigenvalue weighted by Gasteiger charge is 2.29. The fourth-order valence-electron chi connectivity index (χ4n) is 3.34. The highest BCUT2D eigenvalue weighted by molar-refractivity contribution is 7.92. The minimum atomic E-state index is -3.74. The number of carbonyl (C=O) groups excluding carboxylic acids is 1. The van der Waals surface area contributed by atoms with Crippen molar-refractivity contribution in [3.8, 4) is 0 Å². The standard InChI is InChI=1S/C22H31N3O5S2/c1-7-24(8-2)32(29,30)21-13-10-19(11-14-21)23-22(26)18(5)25(31(6,27)28)20-12-9-16(3)17(4)15-20/h9-15,18H,7-8H2,1-6H3,(H,23,26)/t18-/m0/s1. The SMILES string of the molecule is CCN(CC)S(=O)(=O)c1ccc(NC(=O)[C@H](C)N(c2ccc(C)c(C)c2)S(C)(=O)=O)cc1. The number of rotatable bonds is 9. The van der Waals surface area contributed by atoms with E-state index in [-0.39, 0.29) is 4.90 Å². The van der Waals surface area contributed by atoms with Gasteiger partial charge in [0.15, 0.2) is 0 Å². The van der Waals surface area contributed by atoms with Gasteiger partial charge in [-0.25, -0.2) is 16.8 Å². The van der Waals surface area contributed by atoms with Crippen molar-refractivity contribution in [1.82, 2.24) is 4.31 Å². The summed E-state index contributed by atoms with van der Waals surface area (Å²) in [5.41, 5.74) is 2.70. The van der Waals surface area contributed by atoms with Gasteiger partial charge in [-0.05, 0) is 68.3 Å². The van der Waals surface area contributed by atoms with Crippen molar-refractivity contribution < 1.29 is 21.6 Å². The van der Waals surface area contributed by atoms with Crippen LogP contribution >= 0.6 is 0 Å². The first-order valence-electron chi connectivity index (χ1n) is 10.3. The van der Waals surface area contributed by atoms with Gasteiger partial charge in [-0.1, -0.05) is 19.9 Å². The summed E-state index contributed by atoms with van der Waals surface area (Å²) in [7, 11) is -7.34. The largest absolute Gasteiger partial charge is 0.324 e. The number of hydrogen-bond donors (Lipinski definition) is 1. The quantitative estimate of drug-likeness (QED) is 0.593. The second-order valence-corrected chi connectivity index (χ2v) is 11.4. The Balaban J connectivity index is 2.27. The summed E-state index contributed by atoms with van der Waals surface area (Å²) in [5.74, 6) is -0.534. The van der Waals surface area contributed by atoms with Crippen molar-refractivity contribution >= 4 is 37.3 Å². The molecule has 0 aromatic heterocycles. The predicted molar refractivity (Wildman–Crippen MR) is 128 cm³/mol. The molecular formula is C22H31N3O5S2. The highest BCUT2D eigenvalue weighted by Crippen LogP contribution is 2.25. The van der Waals surface area contributed by atoms with Crippen molar-refractivity contribution in [3.05, 3.63) is 53.6 Å². The molecule has 0 aliphatic heterocycles. The molecular weight excluding hydrogens is 450 g/mol. The van der Waals surface area contributed by atoms with E-state index >= 15 is 0 Å². The molecule has 8 nitrogen and oxygen atoms in total. The number of carbonyl (C=O) groups is 1. The van der Waals surface area contributed by atoms with Crippen molar-refractivity contribution in [1.29, 1.82) is 0 Å². The molecule has 1 amide bonds. The summed E-state index contributed by atoms with van der Waals surface area (Å²) in [6, 6.07) is 10.0. The first-order chi connectivity index (χ1) is 14.8. The Bertz CT molecular complexity index is 1170. The van der Waals surface area contributed by atoms with Crippen LogP contribution in [0.2, 0.25) is 0 Å². The Kier molecular flexibility index (Phi) is 8.08. The van der Waals surface area contributed by atoms with Gasteiger partial charge in [0.1, 0.15) is 6.04 Å². The molecule has 32 heavy (non-hydrogen) atoms. The number of aryl methyl sites for hydroxylation is 2. The summed E-state index contributed by atoms with van der Waals surface area (Å²) in [5, 5.41) is 2.67. The molecule has 0 radical (unpaired) electrons. The molecule has 0 saturated carbocycles. The third-order valence-electron chi connectivity index (χ3n) is 5.30. The van der Waals surface area contributed by atoms with Gasteiger partial charge < -0.3 is 5.32 Å². The van der Waals surface area contributed by atoms with E-state index < -0.39 is 32.0 Å². The third-order valence-corrected chi connectivity index (χ3v) is 8.60. The second kappa shape index (κ2) is 10.0. The van der Waals surface area contributed by atoms with Crippen molar-refractivity contribution in [2.45, 2.75) is 45.6 Å². The zero-order valence-corrected chi connectivity index (χ0v) is 20.9. The van der Waals surface area contributed by atoms with E-state index in [1.807, 2.05) is 19.9 Å². The van der Waals surface area contributed by atoms with Crippen molar-refractivity contribution in [3.63, 3.8) is 0 Å². The lowest BCUT2D eigenvalue weighted by atomic mass is 10.1. The first-order valence-corrected chi connectivity index (χ1v) is 13.6. The Labute approximate surface area is 191 Å². The number of sulfonamides is 2. The van der Waals surface area contributed by atoms with Crippen molar-refractivity contribution in [2.75, 3.05) is 29.0 Å². The molecule has 176 valence electrons. The van der Waals surface area contributed by atoms with Crippen LogP contribution in [0.5, 0.6) is 0 Å². The maximum absolute atomic E-state index is 12.9. The first kappa shape index (κ1) is 25.8. The molecule has 0 bridgehead atoms. The molecule has 0 heterocycles. The van der Waals surface area contributed by atoms with Gasteiger partial charge in [-0.15, -0.1) is 0 Å².